The predicted octanol–water partition coefficient (Wildman–Crippen LogP) is 27.2. The van der Waals surface area contributed by atoms with Gasteiger partial charge in [0.05, 0.1) is 44.3 Å². The molecule has 0 spiro atoms. The summed E-state index contributed by atoms with van der Waals surface area (Å²) in [5.41, 5.74) is 19.6. The van der Waals surface area contributed by atoms with E-state index < -0.39 is 15.6 Å². The Morgan fingerprint density at radius 1 is 0.291 bits per heavy atom. The van der Waals surface area contributed by atoms with E-state index >= 15 is 0 Å². The lowest BCUT2D eigenvalue weighted by atomic mass is 9.79. The highest BCUT2D eigenvalue weighted by Gasteiger charge is 2.52. The Hall–Kier alpha value is -13.8. The standard InChI is InChI=1S/C48H32N2.C36H34BNO2.C19H10F3NO3S/c1-3-10-33(11-4-1)35-18-25-39(26-19-35)49(40-27-20-36(21-28-40)34-12-5-2-6-13-34)41-29-22-37(23-30-41)38-24-31-43-45-16-9-15-44-42-14-7-8-17-46(42)50(48(44)45)47(43)32-38;1-35(2)36(3,4)40-37(39-35)31-19-25-34(26-20-31)38(32-21-15-29(16-22-32)27-11-7-5-8-12-27)33-23-17-30(18-24-33)28-13-9-6-10-14-28;20-19(21,22)27(24,25)26-11-8-9-13-15-6-3-5-14-12-4-1-2-7-16(12)23(18(14)15)17(13)10-11/h1-32H;5-26H,1-4H3;1-10H. The molecule has 14 heteroatoms. The molecule has 9 nitrogen and oxygen atoms in total. The summed E-state index contributed by atoms with van der Waals surface area (Å²) in [4.78, 5) is 4.63. The molecule has 0 aliphatic carbocycles. The molecule has 1 saturated heterocycles. The van der Waals surface area contributed by atoms with Crippen LogP contribution in [0.4, 0.5) is 47.3 Å². The molecule has 0 unspecified atom stereocenters. The smallest absolute Gasteiger partial charge is 0.399 e. The highest BCUT2D eigenvalue weighted by Crippen LogP contribution is 2.46. The molecular weight excluding hydrogens is 1470 g/mol. The van der Waals surface area contributed by atoms with E-state index in [0.717, 1.165) is 72.2 Å². The largest absolute Gasteiger partial charge is 0.534 e. The van der Waals surface area contributed by atoms with Crippen LogP contribution in [0.5, 0.6) is 5.75 Å². The Labute approximate surface area is 676 Å². The van der Waals surface area contributed by atoms with Gasteiger partial charge in [-0.3, -0.25) is 0 Å². The molecule has 1 fully saturated rings. The van der Waals surface area contributed by atoms with E-state index in [9.17, 15) is 21.6 Å². The second kappa shape index (κ2) is 29.6. The van der Waals surface area contributed by atoms with Crippen LogP contribution in [0.15, 0.2) is 388 Å². The van der Waals surface area contributed by atoms with Crippen molar-refractivity contribution in [1.29, 1.82) is 0 Å². The molecule has 20 aromatic rings. The van der Waals surface area contributed by atoms with Crippen molar-refractivity contribution in [2.24, 2.45) is 0 Å². The van der Waals surface area contributed by atoms with Crippen LogP contribution in [0, 0.1) is 0 Å². The molecule has 4 aromatic heterocycles. The minimum absolute atomic E-state index is 0.372. The van der Waals surface area contributed by atoms with Crippen LogP contribution >= 0.6 is 0 Å². The summed E-state index contributed by atoms with van der Waals surface area (Å²) in [6.07, 6.45) is 0. The average molecular weight is 1550 g/mol. The van der Waals surface area contributed by atoms with E-state index in [1.165, 1.54) is 106 Å². The van der Waals surface area contributed by atoms with Crippen molar-refractivity contribution in [2.75, 3.05) is 9.80 Å². The van der Waals surface area contributed by atoms with Crippen LogP contribution in [0.25, 0.3) is 132 Å². The van der Waals surface area contributed by atoms with E-state index in [1.54, 1.807) is 6.07 Å². The molecule has 1 aliphatic rings. The average Bonchev–Trinajstić information content (AvgIpc) is 1.55. The fourth-order valence-corrected chi connectivity index (χ4v) is 16.9. The SMILES string of the molecule is CC1(C)OB(c2ccc(N(c3ccc(-c4ccccc4)cc3)c3ccc(-c4ccccc4)cc3)cc2)OC1(C)C.O=S(=O)(Oc1ccc2c3cccc4c5ccccc5n(c2c1)c43)C(F)(F)F.c1ccc(-c2ccc(N(c3ccc(-c4ccccc4)cc3)c3ccc(-c4ccc5c6cccc7c8ccccc8n(c5c4)c76)cc3)cc2)cc1. The van der Waals surface area contributed by atoms with Gasteiger partial charge in [0.15, 0.2) is 0 Å². The normalized spacial score (nSPS) is 13.4. The van der Waals surface area contributed by atoms with Gasteiger partial charge in [0.25, 0.3) is 0 Å². The summed E-state index contributed by atoms with van der Waals surface area (Å²) in [6.45, 7) is 8.34. The van der Waals surface area contributed by atoms with Gasteiger partial charge >= 0.3 is 22.7 Å². The molecule has 0 N–H and O–H groups in total. The number of benzene rings is 16. The molecule has 0 atom stereocenters. The lowest BCUT2D eigenvalue weighted by Crippen LogP contribution is -2.41. The number of para-hydroxylation sites is 4. The van der Waals surface area contributed by atoms with E-state index in [2.05, 4.69) is 362 Å². The minimum atomic E-state index is -5.73. The zero-order chi connectivity index (χ0) is 79.7. The zero-order valence-electron chi connectivity index (χ0n) is 64.4. The highest BCUT2D eigenvalue weighted by molar-refractivity contribution is 7.88. The number of anilines is 6. The maximum atomic E-state index is 12.6. The van der Waals surface area contributed by atoms with Crippen molar-refractivity contribution in [1.82, 2.24) is 8.80 Å². The molecule has 0 radical (unpaired) electrons. The number of halogens is 3. The van der Waals surface area contributed by atoms with Gasteiger partial charge in [-0.1, -0.05) is 279 Å². The summed E-state index contributed by atoms with van der Waals surface area (Å²) in [5.74, 6) is -0.384. The Bertz CT molecular complexity index is 6940. The van der Waals surface area contributed by atoms with Crippen molar-refractivity contribution in [2.45, 2.75) is 44.4 Å². The van der Waals surface area contributed by atoms with Crippen LogP contribution in [0.3, 0.4) is 0 Å². The number of rotatable bonds is 14. The lowest BCUT2D eigenvalue weighted by Gasteiger charge is -2.32. The molecule has 568 valence electrons. The Kier molecular flexibility index (Phi) is 18.6. The first-order chi connectivity index (χ1) is 56.9. The first kappa shape index (κ1) is 73.4. The van der Waals surface area contributed by atoms with E-state index in [1.807, 2.05) is 59.0 Å². The summed E-state index contributed by atoms with van der Waals surface area (Å²) in [7, 11) is -6.11. The third-order valence-electron chi connectivity index (χ3n) is 23.0. The monoisotopic (exact) mass is 1550 g/mol. The van der Waals surface area contributed by atoms with Crippen molar-refractivity contribution < 1.29 is 35.1 Å². The third-order valence-corrected chi connectivity index (χ3v) is 24.0. The highest BCUT2D eigenvalue weighted by atomic mass is 32.2. The van der Waals surface area contributed by atoms with Crippen molar-refractivity contribution in [3.8, 4) is 61.4 Å². The molecule has 1 aliphatic heterocycles. The second-order valence-electron chi connectivity index (χ2n) is 30.6. The maximum absolute atomic E-state index is 12.6. The molecule has 0 saturated carbocycles. The van der Waals surface area contributed by atoms with Gasteiger partial charge in [0.2, 0.25) is 0 Å². The molecule has 5 heterocycles. The van der Waals surface area contributed by atoms with E-state index in [-0.39, 0.29) is 24.1 Å². The third kappa shape index (κ3) is 13.6. The van der Waals surface area contributed by atoms with Crippen LogP contribution < -0.4 is 19.4 Å². The van der Waals surface area contributed by atoms with E-state index in [0.29, 0.717) is 5.52 Å². The zero-order valence-corrected chi connectivity index (χ0v) is 65.2. The molecular formula is C103H76BF3N4O5S. The van der Waals surface area contributed by atoms with Gasteiger partial charge in [-0.2, -0.15) is 21.6 Å². The van der Waals surface area contributed by atoms with Gasteiger partial charge in [0.1, 0.15) is 5.75 Å². The minimum Gasteiger partial charge on any atom is -0.399 e. The first-order valence-corrected chi connectivity index (χ1v) is 40.4. The lowest BCUT2D eigenvalue weighted by molar-refractivity contribution is -0.0500. The number of fused-ring (bicyclic) bond motifs is 12. The Balaban J connectivity index is 0.000000122. The molecule has 21 rings (SSSR count). The topological polar surface area (TPSA) is 77.1 Å². The summed E-state index contributed by atoms with van der Waals surface area (Å²) >= 11 is 0. The number of nitrogens with zero attached hydrogens (tertiary/aromatic N) is 4. The van der Waals surface area contributed by atoms with Crippen molar-refractivity contribution in [3.05, 3.63) is 388 Å². The van der Waals surface area contributed by atoms with Crippen molar-refractivity contribution in [3.63, 3.8) is 0 Å². The van der Waals surface area contributed by atoms with Crippen molar-refractivity contribution >= 4 is 133 Å². The van der Waals surface area contributed by atoms with Gasteiger partial charge in [-0.05, 0) is 192 Å². The number of hydrogen-bond donors (Lipinski definition) is 0. The molecule has 117 heavy (non-hydrogen) atoms. The summed E-state index contributed by atoms with van der Waals surface area (Å²) in [5, 5.41) is 8.98. The summed E-state index contributed by atoms with van der Waals surface area (Å²) < 4.78 is 81.8. The van der Waals surface area contributed by atoms with Crippen LogP contribution in [0.2, 0.25) is 0 Å². The molecule has 0 bridgehead atoms. The van der Waals surface area contributed by atoms with Crippen LogP contribution in [-0.2, 0) is 19.4 Å². The number of hydrogen-bond acceptors (Lipinski definition) is 7. The summed E-state index contributed by atoms with van der Waals surface area (Å²) in [6, 6.07) is 135. The van der Waals surface area contributed by atoms with Gasteiger partial charge in [0, 0.05) is 83.3 Å². The number of aromatic nitrogens is 2. The first-order valence-electron chi connectivity index (χ1n) is 39.0. The maximum Gasteiger partial charge on any atom is 0.534 e. The fourth-order valence-electron chi connectivity index (χ4n) is 16.4. The van der Waals surface area contributed by atoms with Gasteiger partial charge < -0.3 is 32.1 Å². The Morgan fingerprint density at radius 3 is 0.897 bits per heavy atom. The Morgan fingerprint density at radius 2 is 0.556 bits per heavy atom. The molecule has 0 amide bonds. The van der Waals surface area contributed by atoms with Crippen LogP contribution in [0.1, 0.15) is 27.7 Å². The quantitative estimate of drug-likeness (QED) is 0.0610. The van der Waals surface area contributed by atoms with Gasteiger partial charge in [-0.15, -0.1) is 0 Å². The number of alkyl halides is 3. The second-order valence-corrected chi connectivity index (χ2v) is 32.1. The van der Waals surface area contributed by atoms with E-state index in [4.69, 9.17) is 9.31 Å². The fraction of sp³-hybridized carbons (Fsp3) is 0.0680. The predicted molar refractivity (Wildman–Crippen MR) is 477 cm³/mol. The van der Waals surface area contributed by atoms with Crippen LogP contribution in [-0.4, -0.2) is 41.0 Å². The molecule has 16 aromatic carbocycles. The van der Waals surface area contributed by atoms with Gasteiger partial charge in [-0.25, -0.2) is 0 Å².